The van der Waals surface area contributed by atoms with Gasteiger partial charge in [-0.25, -0.2) is 4.98 Å². The van der Waals surface area contributed by atoms with Gasteiger partial charge in [-0.05, 0) is 70.7 Å². The van der Waals surface area contributed by atoms with E-state index in [-0.39, 0.29) is 16.8 Å². The molecule has 0 atom stereocenters. The summed E-state index contributed by atoms with van der Waals surface area (Å²) in [5.41, 5.74) is 1.51. The molecule has 0 spiro atoms. The third-order valence-electron chi connectivity index (χ3n) is 6.05. The molecule has 0 aliphatic rings. The minimum Gasteiger partial charge on any atom is -0.496 e. The number of ether oxygens (including phenoxy) is 3. The highest BCUT2D eigenvalue weighted by atomic mass is 79.9. The minimum absolute atomic E-state index is 0.0165. The zero-order valence-electron chi connectivity index (χ0n) is 23.0. The Labute approximate surface area is 240 Å². The van der Waals surface area contributed by atoms with E-state index in [0.717, 1.165) is 9.86 Å². The zero-order chi connectivity index (χ0) is 28.4. The van der Waals surface area contributed by atoms with Gasteiger partial charge in [-0.15, -0.1) is 0 Å². The first-order chi connectivity index (χ1) is 19.2. The maximum atomic E-state index is 13.7. The molecular weight excluding hydrogens is 574 g/mol. The van der Waals surface area contributed by atoms with Gasteiger partial charge < -0.3 is 18.6 Å². The van der Waals surface area contributed by atoms with Gasteiger partial charge in [0.05, 0.1) is 42.8 Å². The van der Waals surface area contributed by atoms with Gasteiger partial charge in [0.15, 0.2) is 17.3 Å². The quantitative estimate of drug-likeness (QED) is 0.173. The van der Waals surface area contributed by atoms with Gasteiger partial charge in [0.1, 0.15) is 11.3 Å². The second-order valence-corrected chi connectivity index (χ2v) is 11.3. The Balaban J connectivity index is 1.63. The van der Waals surface area contributed by atoms with Crippen molar-refractivity contribution < 1.29 is 18.6 Å². The number of aromatic nitrogens is 2. The number of fused-ring (bicyclic) bond motifs is 2. The van der Waals surface area contributed by atoms with E-state index in [1.54, 1.807) is 37.6 Å². The normalized spacial score (nSPS) is 11.9. The van der Waals surface area contributed by atoms with Gasteiger partial charge in [0.2, 0.25) is 5.82 Å². The monoisotopic (exact) mass is 603 g/mol. The molecule has 0 amide bonds. The molecule has 0 unspecified atom stereocenters. The molecule has 0 N–H and O–H groups in total. The number of hydrogen-bond acceptors (Lipinski definition) is 7. The van der Waals surface area contributed by atoms with Crippen molar-refractivity contribution in [3.63, 3.8) is 0 Å². The smallest absolute Gasteiger partial charge is 0.282 e. The summed E-state index contributed by atoms with van der Waals surface area (Å²) >= 11 is 3.63. The van der Waals surface area contributed by atoms with Crippen LogP contribution in [0.2, 0.25) is 0 Å². The van der Waals surface area contributed by atoms with E-state index in [4.69, 9.17) is 23.6 Å². The molecule has 0 bridgehead atoms. The Hall–Kier alpha value is -4.11. The van der Waals surface area contributed by atoms with E-state index >= 15 is 0 Å². The lowest BCUT2D eigenvalue weighted by atomic mass is 9.99. The Morgan fingerprint density at radius 2 is 1.77 bits per heavy atom. The second kappa shape index (κ2) is 11.2. The molecular formula is C31H30BrN3O5. The van der Waals surface area contributed by atoms with E-state index in [1.165, 1.54) is 4.68 Å². The topological polar surface area (TPSA) is 88.1 Å². The lowest BCUT2D eigenvalue weighted by Gasteiger charge is -2.21. The van der Waals surface area contributed by atoms with Crippen LogP contribution >= 0.6 is 15.9 Å². The number of nitrogens with zero attached hydrogens (tertiary/aromatic N) is 3. The van der Waals surface area contributed by atoms with Crippen molar-refractivity contribution in [3.8, 4) is 28.8 Å². The number of para-hydroxylation sites is 1. The van der Waals surface area contributed by atoms with Crippen LogP contribution in [-0.4, -0.2) is 36.2 Å². The number of furan rings is 1. The van der Waals surface area contributed by atoms with Crippen LogP contribution in [0.5, 0.6) is 17.2 Å². The van der Waals surface area contributed by atoms with Crippen molar-refractivity contribution >= 4 is 44.0 Å². The van der Waals surface area contributed by atoms with E-state index < -0.39 is 0 Å². The fraction of sp³-hybridized carbons (Fsp3) is 0.258. The molecule has 8 nitrogen and oxygen atoms in total. The summed E-state index contributed by atoms with van der Waals surface area (Å²) in [6.45, 7) is 9.23. The molecule has 206 valence electrons. The maximum Gasteiger partial charge on any atom is 0.282 e. The van der Waals surface area contributed by atoms with Crippen LogP contribution in [-0.2, 0) is 0 Å². The van der Waals surface area contributed by atoms with Crippen molar-refractivity contribution in [2.45, 2.75) is 27.7 Å². The lowest BCUT2D eigenvalue weighted by molar-refractivity contribution is 0.188. The summed E-state index contributed by atoms with van der Waals surface area (Å²) in [4.78, 5) is 18.4. The molecule has 5 rings (SSSR count). The Kier molecular flexibility index (Phi) is 7.67. The maximum absolute atomic E-state index is 13.7. The van der Waals surface area contributed by atoms with Gasteiger partial charge >= 0.3 is 0 Å². The second-order valence-electron chi connectivity index (χ2n) is 10.4. The molecule has 0 fully saturated rings. The summed E-state index contributed by atoms with van der Waals surface area (Å²) in [6.07, 6.45) is 1.59. The number of benzene rings is 3. The van der Waals surface area contributed by atoms with Gasteiger partial charge in [-0.3, -0.25) is 4.79 Å². The molecule has 3 aromatic carbocycles. The van der Waals surface area contributed by atoms with Crippen molar-refractivity contribution in [1.29, 1.82) is 0 Å². The fourth-order valence-electron chi connectivity index (χ4n) is 4.16. The van der Waals surface area contributed by atoms with E-state index in [2.05, 4.69) is 41.8 Å². The summed E-state index contributed by atoms with van der Waals surface area (Å²) in [7, 11) is 1.60. The summed E-state index contributed by atoms with van der Waals surface area (Å²) in [6, 6.07) is 18.2. The van der Waals surface area contributed by atoms with Crippen LogP contribution < -0.4 is 19.8 Å². The van der Waals surface area contributed by atoms with Crippen LogP contribution in [0.15, 0.2) is 79.4 Å². The first kappa shape index (κ1) is 27.5. The average molecular weight is 605 g/mol. The highest BCUT2D eigenvalue weighted by Crippen LogP contribution is 2.35. The molecule has 9 heteroatoms. The van der Waals surface area contributed by atoms with Crippen LogP contribution in [0.25, 0.3) is 33.5 Å². The van der Waals surface area contributed by atoms with Gasteiger partial charge in [-0.1, -0.05) is 39.0 Å². The number of hydrogen-bond donors (Lipinski definition) is 0. The molecule has 5 aromatic rings. The van der Waals surface area contributed by atoms with Crippen molar-refractivity contribution in [1.82, 2.24) is 9.66 Å². The van der Waals surface area contributed by atoms with Gasteiger partial charge in [-0.2, -0.15) is 9.78 Å². The van der Waals surface area contributed by atoms with Crippen molar-refractivity contribution in [2.24, 2.45) is 10.5 Å². The van der Waals surface area contributed by atoms with Gasteiger partial charge in [0, 0.05) is 10.0 Å². The third kappa shape index (κ3) is 5.60. The predicted octanol–water partition coefficient (Wildman–Crippen LogP) is 7.29. The fourth-order valence-corrected chi connectivity index (χ4v) is 4.58. The minimum atomic E-state index is -0.324. The zero-order valence-corrected chi connectivity index (χ0v) is 24.6. The van der Waals surface area contributed by atoms with Crippen LogP contribution in [0, 0.1) is 5.41 Å². The predicted molar refractivity (Wildman–Crippen MR) is 161 cm³/mol. The van der Waals surface area contributed by atoms with Crippen LogP contribution in [0.4, 0.5) is 0 Å². The van der Waals surface area contributed by atoms with Crippen molar-refractivity contribution in [2.75, 3.05) is 20.3 Å². The summed E-state index contributed by atoms with van der Waals surface area (Å²) in [5, 5.41) is 5.80. The summed E-state index contributed by atoms with van der Waals surface area (Å²) < 4.78 is 25.5. The first-order valence-electron chi connectivity index (χ1n) is 12.9. The SMILES string of the molecule is CCOc1cc(C=Nn2c(-c3cc4c(OC)cccc4o3)nc3ccccc3c2=O)c(Br)cc1OCC(C)(C)C. The van der Waals surface area contributed by atoms with Gasteiger partial charge in [0.25, 0.3) is 5.56 Å². The Morgan fingerprint density at radius 1 is 1.00 bits per heavy atom. The van der Waals surface area contributed by atoms with Crippen LogP contribution in [0.1, 0.15) is 33.3 Å². The largest absolute Gasteiger partial charge is 0.496 e. The average Bonchev–Trinajstić information content (AvgIpc) is 3.37. The molecule has 2 aromatic heterocycles. The van der Waals surface area contributed by atoms with E-state index in [1.807, 2.05) is 43.3 Å². The number of methoxy groups -OCH3 is 1. The van der Waals surface area contributed by atoms with E-state index in [9.17, 15) is 4.79 Å². The van der Waals surface area contributed by atoms with Crippen LogP contribution in [0.3, 0.4) is 0 Å². The molecule has 0 radical (unpaired) electrons. The first-order valence-corrected chi connectivity index (χ1v) is 13.7. The highest BCUT2D eigenvalue weighted by molar-refractivity contribution is 9.10. The Morgan fingerprint density at radius 3 is 2.52 bits per heavy atom. The molecule has 0 aliphatic carbocycles. The molecule has 0 saturated carbocycles. The number of halogens is 1. The molecule has 40 heavy (non-hydrogen) atoms. The summed E-state index contributed by atoms with van der Waals surface area (Å²) in [5.74, 6) is 2.53. The highest BCUT2D eigenvalue weighted by Gasteiger charge is 2.19. The number of rotatable bonds is 8. The molecule has 0 saturated heterocycles. The molecule has 2 heterocycles. The standard InChI is InChI=1S/C31H30BrN3O5/c1-6-38-26-14-19(22(32)16-27(26)39-18-31(2,3)4)17-33-35-29(34-23-11-8-7-10-20(23)30(35)36)28-15-21-24(37-5)12-9-13-25(21)40-28/h7-17H,6,18H2,1-5H3. The van der Waals surface area contributed by atoms with Crippen molar-refractivity contribution in [3.05, 3.63) is 81.1 Å². The lowest BCUT2D eigenvalue weighted by Crippen LogP contribution is -2.20. The Bertz CT molecular complexity index is 1780. The molecule has 0 aliphatic heterocycles. The third-order valence-corrected chi connectivity index (χ3v) is 6.74. The van der Waals surface area contributed by atoms with E-state index in [0.29, 0.717) is 58.3 Å².